The Labute approximate surface area is 109 Å². The molecule has 0 saturated heterocycles. The Balaban J connectivity index is 2.60. The third-order valence-corrected chi connectivity index (χ3v) is 3.75. The molecule has 0 heterocycles. The van der Waals surface area contributed by atoms with E-state index in [1.807, 2.05) is 19.9 Å². The first-order valence-corrected chi connectivity index (χ1v) is 6.43. The Morgan fingerprint density at radius 1 is 1.28 bits per heavy atom. The highest BCUT2D eigenvalue weighted by Crippen LogP contribution is 2.33. The number of rotatable bonds is 1. The first-order chi connectivity index (χ1) is 8.52. The molecule has 0 radical (unpaired) electrons. The summed E-state index contributed by atoms with van der Waals surface area (Å²) in [5, 5.41) is 0. The number of methoxy groups -OCH3 is 1. The predicted molar refractivity (Wildman–Crippen MR) is 74.0 cm³/mol. The molecule has 0 saturated carbocycles. The van der Waals surface area contributed by atoms with Gasteiger partial charge in [-0.05, 0) is 66.7 Å². The zero-order valence-electron chi connectivity index (χ0n) is 11.5. The molecule has 0 fully saturated rings. The highest BCUT2D eigenvalue weighted by Gasteiger charge is 2.18. The number of Topliss-reactive ketones (excluding diaryl/α,β-unsaturated/α-hetero) is 1. The molecule has 0 bridgehead atoms. The minimum atomic E-state index is 0.265. The van der Waals surface area contributed by atoms with Crippen molar-refractivity contribution >= 4 is 11.9 Å². The smallest absolute Gasteiger partial charge is 0.158 e. The summed E-state index contributed by atoms with van der Waals surface area (Å²) < 4.78 is 5.39. The summed E-state index contributed by atoms with van der Waals surface area (Å²) in [4.78, 5) is 11.8. The fraction of sp³-hybridized carbons (Fsp3) is 0.438. The lowest BCUT2D eigenvalue weighted by Crippen LogP contribution is -2.08. The zero-order valence-corrected chi connectivity index (χ0v) is 11.5. The number of aryl methyl sites for hydroxylation is 1. The fourth-order valence-electron chi connectivity index (χ4n) is 2.51. The summed E-state index contributed by atoms with van der Waals surface area (Å²) in [6.45, 7) is 6.12. The van der Waals surface area contributed by atoms with E-state index in [1.54, 1.807) is 7.11 Å². The maximum absolute atomic E-state index is 11.8. The van der Waals surface area contributed by atoms with Crippen LogP contribution in [0.25, 0.3) is 6.08 Å². The minimum Gasteiger partial charge on any atom is -0.496 e. The van der Waals surface area contributed by atoms with E-state index in [0.29, 0.717) is 12.3 Å². The monoisotopic (exact) mass is 244 g/mol. The second kappa shape index (κ2) is 4.97. The van der Waals surface area contributed by atoms with Crippen molar-refractivity contribution in [3.8, 4) is 5.75 Å². The second-order valence-corrected chi connectivity index (χ2v) is 5.14. The maximum Gasteiger partial charge on any atom is 0.158 e. The van der Waals surface area contributed by atoms with Crippen LogP contribution in [-0.4, -0.2) is 12.9 Å². The van der Waals surface area contributed by atoms with Crippen molar-refractivity contribution in [3.05, 3.63) is 34.4 Å². The number of allylic oxidation sites excluding steroid dienone is 1. The molecule has 1 aromatic carbocycles. The molecule has 0 spiro atoms. The molecular weight excluding hydrogens is 224 g/mol. The van der Waals surface area contributed by atoms with Gasteiger partial charge in [-0.2, -0.15) is 0 Å². The molecule has 0 unspecified atom stereocenters. The van der Waals surface area contributed by atoms with Crippen molar-refractivity contribution < 1.29 is 9.53 Å². The summed E-state index contributed by atoms with van der Waals surface area (Å²) >= 11 is 0. The van der Waals surface area contributed by atoms with Crippen LogP contribution in [0.5, 0.6) is 5.75 Å². The van der Waals surface area contributed by atoms with Gasteiger partial charge in [-0.15, -0.1) is 0 Å². The average Bonchev–Trinajstić information content (AvgIpc) is 2.34. The lowest BCUT2D eigenvalue weighted by atomic mass is 9.86. The van der Waals surface area contributed by atoms with Crippen molar-refractivity contribution in [1.82, 2.24) is 0 Å². The number of carbonyl (C=O) groups is 1. The van der Waals surface area contributed by atoms with Gasteiger partial charge in [0.25, 0.3) is 0 Å². The van der Waals surface area contributed by atoms with Crippen molar-refractivity contribution in [2.45, 2.75) is 39.5 Å². The Kier molecular flexibility index (Phi) is 3.55. The van der Waals surface area contributed by atoms with Crippen LogP contribution >= 0.6 is 0 Å². The number of hydrogen-bond acceptors (Lipinski definition) is 2. The van der Waals surface area contributed by atoms with Gasteiger partial charge in [0, 0.05) is 6.42 Å². The fourth-order valence-corrected chi connectivity index (χ4v) is 2.51. The number of benzene rings is 1. The highest BCUT2D eigenvalue weighted by molar-refractivity contribution is 5.99. The Morgan fingerprint density at radius 3 is 2.67 bits per heavy atom. The molecule has 2 heteroatoms. The maximum atomic E-state index is 11.8. The molecule has 18 heavy (non-hydrogen) atoms. The van der Waals surface area contributed by atoms with Crippen LogP contribution in [0.3, 0.4) is 0 Å². The third-order valence-electron chi connectivity index (χ3n) is 3.75. The average molecular weight is 244 g/mol. The number of fused-ring (bicyclic) bond motifs is 1. The van der Waals surface area contributed by atoms with Crippen LogP contribution in [0.4, 0.5) is 0 Å². The van der Waals surface area contributed by atoms with Gasteiger partial charge in [0.05, 0.1) is 7.11 Å². The molecule has 1 aliphatic rings. The quantitative estimate of drug-likeness (QED) is 0.749. The number of ketones is 1. The van der Waals surface area contributed by atoms with Crippen molar-refractivity contribution in [2.75, 3.05) is 7.11 Å². The molecule has 1 aliphatic carbocycles. The summed E-state index contributed by atoms with van der Waals surface area (Å²) in [5.41, 5.74) is 4.41. The first kappa shape index (κ1) is 12.9. The van der Waals surface area contributed by atoms with Crippen LogP contribution < -0.4 is 4.74 Å². The van der Waals surface area contributed by atoms with Gasteiger partial charge in [0.15, 0.2) is 5.78 Å². The molecule has 0 aliphatic heterocycles. The van der Waals surface area contributed by atoms with Crippen LogP contribution in [-0.2, 0) is 4.79 Å². The Bertz CT molecular complexity index is 512. The van der Waals surface area contributed by atoms with E-state index in [2.05, 4.69) is 19.1 Å². The number of carbonyl (C=O) groups excluding carboxylic acids is 1. The van der Waals surface area contributed by atoms with E-state index in [1.165, 1.54) is 5.56 Å². The van der Waals surface area contributed by atoms with E-state index < -0.39 is 0 Å². The zero-order chi connectivity index (χ0) is 13.3. The van der Waals surface area contributed by atoms with Crippen LogP contribution in [0.15, 0.2) is 17.7 Å². The van der Waals surface area contributed by atoms with Gasteiger partial charge in [0.1, 0.15) is 5.75 Å². The van der Waals surface area contributed by atoms with Gasteiger partial charge >= 0.3 is 0 Å². The van der Waals surface area contributed by atoms with Crippen molar-refractivity contribution in [2.24, 2.45) is 0 Å². The van der Waals surface area contributed by atoms with Gasteiger partial charge in [-0.3, -0.25) is 4.79 Å². The van der Waals surface area contributed by atoms with Gasteiger partial charge in [-0.1, -0.05) is 6.92 Å². The SMILES string of the molecule is COc1cc2c(cc1C)/C=C(/C)C(=O)CC[C@H]2C. The molecular formula is C16H20O2. The lowest BCUT2D eigenvalue weighted by molar-refractivity contribution is -0.115. The first-order valence-electron chi connectivity index (χ1n) is 6.43. The summed E-state index contributed by atoms with van der Waals surface area (Å²) in [6, 6.07) is 4.24. The number of ether oxygens (including phenoxy) is 1. The van der Waals surface area contributed by atoms with Crippen molar-refractivity contribution in [1.29, 1.82) is 0 Å². The van der Waals surface area contributed by atoms with Crippen molar-refractivity contribution in [3.63, 3.8) is 0 Å². The molecule has 0 N–H and O–H groups in total. The second-order valence-electron chi connectivity index (χ2n) is 5.14. The van der Waals surface area contributed by atoms with Gasteiger partial charge < -0.3 is 4.74 Å². The van der Waals surface area contributed by atoms with E-state index in [-0.39, 0.29) is 5.78 Å². The molecule has 0 amide bonds. The topological polar surface area (TPSA) is 26.3 Å². The summed E-state index contributed by atoms with van der Waals surface area (Å²) in [7, 11) is 1.70. The molecule has 2 nitrogen and oxygen atoms in total. The number of hydrogen-bond donors (Lipinski definition) is 0. The van der Waals surface area contributed by atoms with Gasteiger partial charge in [0.2, 0.25) is 0 Å². The lowest BCUT2D eigenvalue weighted by Gasteiger charge is -2.20. The standard InChI is InChI=1S/C16H20O2/c1-10-5-6-15(17)11(2)7-13-8-12(3)16(18-4)9-14(10)13/h7-10H,5-6H2,1-4H3/b11-7-/t10-/m1/s1. The molecule has 2 rings (SSSR count). The highest BCUT2D eigenvalue weighted by atomic mass is 16.5. The van der Waals surface area contributed by atoms with E-state index in [9.17, 15) is 4.79 Å². The van der Waals surface area contributed by atoms with E-state index >= 15 is 0 Å². The third kappa shape index (κ3) is 2.33. The normalized spacial score (nSPS) is 22.6. The Hall–Kier alpha value is -1.57. The van der Waals surface area contributed by atoms with Crippen LogP contribution in [0.1, 0.15) is 49.3 Å². The van der Waals surface area contributed by atoms with Crippen LogP contribution in [0, 0.1) is 6.92 Å². The largest absolute Gasteiger partial charge is 0.496 e. The molecule has 0 aromatic heterocycles. The van der Waals surface area contributed by atoms with E-state index in [4.69, 9.17) is 4.74 Å². The molecule has 96 valence electrons. The predicted octanol–water partition coefficient (Wildman–Crippen LogP) is 3.87. The molecule has 1 aromatic rings. The summed E-state index contributed by atoms with van der Waals surface area (Å²) in [5.74, 6) is 1.59. The molecule has 1 atom stereocenters. The van der Waals surface area contributed by atoms with Crippen LogP contribution in [0.2, 0.25) is 0 Å². The van der Waals surface area contributed by atoms with E-state index in [0.717, 1.165) is 28.9 Å². The summed E-state index contributed by atoms with van der Waals surface area (Å²) in [6.07, 6.45) is 3.56. The minimum absolute atomic E-state index is 0.265. The van der Waals surface area contributed by atoms with Gasteiger partial charge in [-0.25, -0.2) is 0 Å². The Morgan fingerprint density at radius 2 is 2.00 bits per heavy atom.